The summed E-state index contributed by atoms with van der Waals surface area (Å²) >= 11 is 1.44. The number of thiophene rings is 1. The topological polar surface area (TPSA) is 41.6 Å². The van der Waals surface area contributed by atoms with Gasteiger partial charge in [0.1, 0.15) is 10.6 Å². The number of ether oxygens (including phenoxy) is 1. The first-order chi connectivity index (χ1) is 8.15. The van der Waals surface area contributed by atoms with E-state index < -0.39 is 0 Å². The summed E-state index contributed by atoms with van der Waals surface area (Å²) in [4.78, 5) is 15.1. The quantitative estimate of drug-likeness (QED) is 0.906. The van der Waals surface area contributed by atoms with Gasteiger partial charge in [0, 0.05) is 25.2 Å². The molecule has 0 bridgehead atoms. The SMILES string of the molecule is COc1ccsc1C(=O)N1CCNC(C)C1C.Cl. The summed E-state index contributed by atoms with van der Waals surface area (Å²) in [5, 5.41) is 5.26. The third-order valence-corrected chi connectivity index (χ3v) is 4.22. The molecule has 1 amide bonds. The molecule has 18 heavy (non-hydrogen) atoms. The van der Waals surface area contributed by atoms with E-state index in [4.69, 9.17) is 4.74 Å². The van der Waals surface area contributed by atoms with Gasteiger partial charge in [-0.05, 0) is 25.3 Å². The lowest BCUT2D eigenvalue weighted by Crippen LogP contribution is -2.57. The molecule has 1 N–H and O–H groups in total. The highest BCUT2D eigenvalue weighted by molar-refractivity contribution is 7.12. The first-order valence-corrected chi connectivity index (χ1v) is 6.69. The third-order valence-electron chi connectivity index (χ3n) is 3.34. The molecule has 1 fully saturated rings. The average molecular weight is 291 g/mol. The van der Waals surface area contributed by atoms with Gasteiger partial charge in [0.15, 0.2) is 0 Å². The fourth-order valence-electron chi connectivity index (χ4n) is 2.09. The molecule has 4 nitrogen and oxygen atoms in total. The van der Waals surface area contributed by atoms with Gasteiger partial charge in [-0.1, -0.05) is 0 Å². The smallest absolute Gasteiger partial charge is 0.268 e. The second kappa shape index (κ2) is 6.41. The summed E-state index contributed by atoms with van der Waals surface area (Å²) in [6.07, 6.45) is 0. The van der Waals surface area contributed by atoms with Gasteiger partial charge >= 0.3 is 0 Å². The van der Waals surface area contributed by atoms with Crippen molar-refractivity contribution in [3.63, 3.8) is 0 Å². The van der Waals surface area contributed by atoms with Crippen LogP contribution in [0.5, 0.6) is 5.75 Å². The van der Waals surface area contributed by atoms with Crippen molar-refractivity contribution in [2.75, 3.05) is 20.2 Å². The fourth-order valence-corrected chi connectivity index (χ4v) is 2.90. The van der Waals surface area contributed by atoms with Crippen molar-refractivity contribution in [3.8, 4) is 5.75 Å². The van der Waals surface area contributed by atoms with E-state index in [2.05, 4.69) is 19.2 Å². The molecule has 2 rings (SSSR count). The Bertz CT molecular complexity index is 411. The molecule has 1 saturated heterocycles. The van der Waals surface area contributed by atoms with E-state index in [0.29, 0.717) is 16.7 Å². The van der Waals surface area contributed by atoms with Crippen LogP contribution in [0.25, 0.3) is 0 Å². The Balaban J connectivity index is 0.00000162. The number of carbonyl (C=O) groups is 1. The van der Waals surface area contributed by atoms with Crippen LogP contribution in [-0.4, -0.2) is 43.1 Å². The van der Waals surface area contributed by atoms with Gasteiger partial charge in [-0.15, -0.1) is 23.7 Å². The number of carbonyl (C=O) groups excluding carboxylic acids is 1. The highest BCUT2D eigenvalue weighted by Gasteiger charge is 2.30. The number of hydrogen-bond acceptors (Lipinski definition) is 4. The lowest BCUT2D eigenvalue weighted by molar-refractivity contribution is 0.0605. The average Bonchev–Trinajstić information content (AvgIpc) is 2.80. The van der Waals surface area contributed by atoms with Gasteiger partial charge in [0.2, 0.25) is 0 Å². The van der Waals surface area contributed by atoms with Crippen molar-refractivity contribution >= 4 is 29.7 Å². The second-order valence-corrected chi connectivity index (χ2v) is 5.22. The zero-order valence-electron chi connectivity index (χ0n) is 10.8. The number of halogens is 1. The molecule has 1 aliphatic heterocycles. The number of rotatable bonds is 2. The van der Waals surface area contributed by atoms with Gasteiger partial charge in [0.25, 0.3) is 5.91 Å². The van der Waals surface area contributed by atoms with Crippen LogP contribution in [0.2, 0.25) is 0 Å². The monoisotopic (exact) mass is 290 g/mol. The van der Waals surface area contributed by atoms with Crippen LogP contribution in [-0.2, 0) is 0 Å². The first kappa shape index (κ1) is 15.3. The highest BCUT2D eigenvalue weighted by atomic mass is 35.5. The molecular formula is C12H19ClN2O2S. The lowest BCUT2D eigenvalue weighted by atomic mass is 10.1. The molecule has 2 heterocycles. The van der Waals surface area contributed by atoms with Gasteiger partial charge in [0.05, 0.1) is 7.11 Å². The molecule has 0 aliphatic carbocycles. The summed E-state index contributed by atoms with van der Waals surface area (Å²) in [6.45, 7) is 5.79. The number of nitrogens with one attached hydrogen (secondary N) is 1. The van der Waals surface area contributed by atoms with Crippen LogP contribution in [0.3, 0.4) is 0 Å². The fraction of sp³-hybridized carbons (Fsp3) is 0.583. The minimum atomic E-state index is 0. The predicted octanol–water partition coefficient (Wildman–Crippen LogP) is 2.00. The van der Waals surface area contributed by atoms with Crippen LogP contribution in [0.15, 0.2) is 11.4 Å². The molecule has 2 unspecified atom stereocenters. The molecule has 0 radical (unpaired) electrons. The molecule has 102 valence electrons. The van der Waals surface area contributed by atoms with Crippen LogP contribution in [0.1, 0.15) is 23.5 Å². The Morgan fingerprint density at radius 1 is 1.56 bits per heavy atom. The maximum atomic E-state index is 12.4. The number of amides is 1. The standard InChI is InChI=1S/C12H18N2O2S.ClH/c1-8-9(2)14(6-5-13-8)12(15)11-10(16-3)4-7-17-11;/h4,7-9,13H,5-6H2,1-3H3;1H. The highest BCUT2D eigenvalue weighted by Crippen LogP contribution is 2.27. The Kier molecular flexibility index (Phi) is 5.44. The minimum Gasteiger partial charge on any atom is -0.495 e. The Morgan fingerprint density at radius 3 is 2.94 bits per heavy atom. The van der Waals surface area contributed by atoms with Crippen molar-refractivity contribution in [1.82, 2.24) is 10.2 Å². The van der Waals surface area contributed by atoms with Crippen LogP contribution >= 0.6 is 23.7 Å². The summed E-state index contributed by atoms with van der Waals surface area (Å²) in [5.41, 5.74) is 0. The van der Waals surface area contributed by atoms with E-state index >= 15 is 0 Å². The second-order valence-electron chi connectivity index (χ2n) is 4.30. The zero-order valence-corrected chi connectivity index (χ0v) is 12.4. The zero-order chi connectivity index (χ0) is 12.4. The summed E-state index contributed by atoms with van der Waals surface area (Å²) in [5.74, 6) is 0.760. The van der Waals surface area contributed by atoms with Crippen LogP contribution in [0, 0.1) is 0 Å². The maximum absolute atomic E-state index is 12.4. The van der Waals surface area contributed by atoms with Crippen molar-refractivity contribution in [2.45, 2.75) is 25.9 Å². The van der Waals surface area contributed by atoms with E-state index in [-0.39, 0.29) is 24.4 Å². The molecule has 0 aromatic carbocycles. The van der Waals surface area contributed by atoms with Crippen molar-refractivity contribution in [1.29, 1.82) is 0 Å². The Hall–Kier alpha value is -0.780. The normalized spacial score (nSPS) is 23.4. The van der Waals surface area contributed by atoms with E-state index in [1.54, 1.807) is 7.11 Å². The largest absolute Gasteiger partial charge is 0.495 e. The van der Waals surface area contributed by atoms with E-state index in [1.807, 2.05) is 16.3 Å². The summed E-state index contributed by atoms with van der Waals surface area (Å²) in [6, 6.07) is 2.38. The summed E-state index contributed by atoms with van der Waals surface area (Å²) in [7, 11) is 1.60. The lowest BCUT2D eigenvalue weighted by Gasteiger charge is -2.38. The van der Waals surface area contributed by atoms with E-state index in [1.165, 1.54) is 11.3 Å². The molecule has 6 heteroatoms. The molecule has 1 aromatic heterocycles. The van der Waals surface area contributed by atoms with Crippen molar-refractivity contribution in [2.24, 2.45) is 0 Å². The molecule has 1 aliphatic rings. The molecule has 2 atom stereocenters. The van der Waals surface area contributed by atoms with Gasteiger partial charge in [-0.3, -0.25) is 4.79 Å². The van der Waals surface area contributed by atoms with Gasteiger partial charge in [-0.25, -0.2) is 0 Å². The summed E-state index contributed by atoms with van der Waals surface area (Å²) < 4.78 is 5.21. The number of hydrogen-bond donors (Lipinski definition) is 1. The first-order valence-electron chi connectivity index (χ1n) is 5.81. The van der Waals surface area contributed by atoms with E-state index in [9.17, 15) is 4.79 Å². The third kappa shape index (κ3) is 2.79. The Labute approximate surface area is 118 Å². The van der Waals surface area contributed by atoms with Crippen molar-refractivity contribution < 1.29 is 9.53 Å². The number of piperazine rings is 1. The minimum absolute atomic E-state index is 0. The maximum Gasteiger partial charge on any atom is 0.268 e. The molecule has 0 saturated carbocycles. The predicted molar refractivity (Wildman–Crippen MR) is 76.1 cm³/mol. The molecular weight excluding hydrogens is 272 g/mol. The Morgan fingerprint density at radius 2 is 2.28 bits per heavy atom. The molecule has 0 spiro atoms. The van der Waals surface area contributed by atoms with E-state index in [0.717, 1.165) is 13.1 Å². The van der Waals surface area contributed by atoms with Crippen LogP contribution < -0.4 is 10.1 Å². The molecule has 1 aromatic rings. The number of methoxy groups -OCH3 is 1. The van der Waals surface area contributed by atoms with Gasteiger partial charge < -0.3 is 15.0 Å². The number of nitrogens with zero attached hydrogens (tertiary/aromatic N) is 1. The van der Waals surface area contributed by atoms with Crippen molar-refractivity contribution in [3.05, 3.63) is 16.3 Å². The van der Waals surface area contributed by atoms with Gasteiger partial charge in [-0.2, -0.15) is 0 Å². The van der Waals surface area contributed by atoms with Crippen LogP contribution in [0.4, 0.5) is 0 Å².